The lowest BCUT2D eigenvalue weighted by Crippen LogP contribution is -2.46. The second kappa shape index (κ2) is 8.85. The minimum atomic E-state index is -0.732. The Morgan fingerprint density at radius 3 is 1.47 bits per heavy atom. The van der Waals surface area contributed by atoms with Gasteiger partial charge < -0.3 is 0 Å². The highest BCUT2D eigenvalue weighted by Gasteiger charge is 2.48. The highest BCUT2D eigenvalue weighted by molar-refractivity contribution is 9.10. The van der Waals surface area contributed by atoms with E-state index in [1.807, 2.05) is 12.1 Å². The van der Waals surface area contributed by atoms with E-state index in [9.17, 15) is 0 Å². The van der Waals surface area contributed by atoms with Crippen molar-refractivity contribution in [2.45, 2.75) is 5.41 Å². The molecule has 3 aromatic carbocycles. The molecule has 1 aliphatic rings. The third-order valence-electron chi connectivity index (χ3n) is 6.31. The Kier molecular flexibility index (Phi) is 5.69. The van der Waals surface area contributed by atoms with Crippen molar-refractivity contribution in [2.75, 3.05) is 0 Å². The zero-order chi connectivity index (χ0) is 23.1. The number of fused-ring (bicyclic) bond motifs is 2. The first-order valence-corrected chi connectivity index (χ1v) is 13.9. The van der Waals surface area contributed by atoms with E-state index in [-0.39, 0.29) is 0 Å². The van der Waals surface area contributed by atoms with Crippen LogP contribution in [-0.4, -0.2) is 9.97 Å². The molecule has 5 aromatic rings. The molecular weight excluding hydrogens is 567 g/mol. The fraction of sp³-hybridized carbons (Fsp3) is 0.0345. The van der Waals surface area contributed by atoms with Gasteiger partial charge in [0.2, 0.25) is 0 Å². The average molecular weight is 586 g/mol. The van der Waals surface area contributed by atoms with E-state index in [4.69, 9.17) is 9.97 Å². The van der Waals surface area contributed by atoms with Crippen molar-refractivity contribution in [3.05, 3.63) is 147 Å². The third kappa shape index (κ3) is 3.40. The van der Waals surface area contributed by atoms with E-state index in [2.05, 4.69) is 135 Å². The van der Waals surface area contributed by atoms with Gasteiger partial charge in [0.05, 0.1) is 11.4 Å². The second-order valence-electron chi connectivity index (χ2n) is 8.15. The maximum absolute atomic E-state index is 5.04. The Morgan fingerprint density at radius 1 is 0.500 bits per heavy atom. The fourth-order valence-corrected chi connectivity index (χ4v) is 8.43. The van der Waals surface area contributed by atoms with Crippen LogP contribution in [0.4, 0.5) is 0 Å². The normalized spacial score (nSPS) is 14.3. The highest BCUT2D eigenvalue weighted by Crippen LogP contribution is 2.52. The van der Waals surface area contributed by atoms with Crippen LogP contribution in [0.3, 0.4) is 0 Å². The highest BCUT2D eigenvalue weighted by atomic mass is 79.9. The molecule has 2 nitrogen and oxygen atoms in total. The lowest BCUT2D eigenvalue weighted by atomic mass is 9.68. The van der Waals surface area contributed by atoms with Crippen molar-refractivity contribution in [1.29, 1.82) is 0 Å². The zero-order valence-corrected chi connectivity index (χ0v) is 22.1. The van der Waals surface area contributed by atoms with Gasteiger partial charge in [-0.15, -0.1) is 0 Å². The van der Waals surface area contributed by atoms with Crippen molar-refractivity contribution >= 4 is 55.7 Å². The summed E-state index contributed by atoms with van der Waals surface area (Å²) in [7, 11) is -0.732. The number of aromatic nitrogens is 2. The first kappa shape index (κ1) is 21.9. The van der Waals surface area contributed by atoms with Gasteiger partial charge in [-0.25, -0.2) is 9.97 Å². The molecule has 3 heterocycles. The number of rotatable bonds is 3. The molecule has 0 aliphatic carbocycles. The number of halogens is 2. The smallest absolute Gasteiger partial charge is 0.106 e. The summed E-state index contributed by atoms with van der Waals surface area (Å²) in [6.07, 6.45) is 0. The summed E-state index contributed by atoms with van der Waals surface area (Å²) in [5, 5.41) is 4.02. The first-order valence-electron chi connectivity index (χ1n) is 11.0. The van der Waals surface area contributed by atoms with Crippen LogP contribution in [0.5, 0.6) is 0 Å². The number of benzene rings is 3. The molecule has 0 saturated carbocycles. The maximum Gasteiger partial charge on any atom is 0.106 e. The monoisotopic (exact) mass is 584 g/mol. The van der Waals surface area contributed by atoms with Gasteiger partial charge in [-0.3, -0.25) is 0 Å². The average Bonchev–Trinajstić information content (AvgIpc) is 2.88. The molecule has 5 heteroatoms. The van der Waals surface area contributed by atoms with E-state index in [0.29, 0.717) is 0 Å². The summed E-state index contributed by atoms with van der Waals surface area (Å²) in [5.74, 6) is 0. The molecule has 0 saturated heterocycles. The van der Waals surface area contributed by atoms with E-state index < -0.39 is 13.3 Å². The van der Waals surface area contributed by atoms with E-state index in [1.54, 1.807) is 0 Å². The van der Waals surface area contributed by atoms with Gasteiger partial charge >= 0.3 is 0 Å². The van der Waals surface area contributed by atoms with Crippen LogP contribution in [0.15, 0.2) is 124 Å². The summed E-state index contributed by atoms with van der Waals surface area (Å²) in [5.41, 5.74) is 3.74. The molecule has 34 heavy (non-hydrogen) atoms. The van der Waals surface area contributed by atoms with Crippen LogP contribution in [0.25, 0.3) is 0 Å². The Bertz CT molecular complexity index is 1410. The fourth-order valence-electron chi connectivity index (χ4n) is 5.02. The summed E-state index contributed by atoms with van der Waals surface area (Å²) in [6, 6.07) is 40.8. The molecule has 0 spiro atoms. The van der Waals surface area contributed by atoms with E-state index in [0.717, 1.165) is 20.6 Å². The maximum atomic E-state index is 5.04. The SMILES string of the molecule is Brc1cccc(C2(c3cccc(Br)n3)c3ccccc3P(c3ccccc3)c3ccccc32)n1. The van der Waals surface area contributed by atoms with Crippen LogP contribution in [0.2, 0.25) is 0 Å². The van der Waals surface area contributed by atoms with Gasteiger partial charge in [-0.05, 0) is 91.1 Å². The van der Waals surface area contributed by atoms with Gasteiger partial charge in [0.1, 0.15) is 14.6 Å². The van der Waals surface area contributed by atoms with Crippen molar-refractivity contribution < 1.29 is 0 Å². The number of pyridine rings is 2. The molecule has 164 valence electrons. The summed E-state index contributed by atoms with van der Waals surface area (Å²) < 4.78 is 1.62. The summed E-state index contributed by atoms with van der Waals surface area (Å²) >= 11 is 7.26. The van der Waals surface area contributed by atoms with E-state index >= 15 is 0 Å². The third-order valence-corrected chi connectivity index (χ3v) is 9.75. The minimum Gasteiger partial charge on any atom is -0.244 e. The van der Waals surface area contributed by atoms with Gasteiger partial charge in [0.15, 0.2) is 0 Å². The summed E-state index contributed by atoms with van der Waals surface area (Å²) in [4.78, 5) is 10.1. The Balaban J connectivity index is 1.79. The van der Waals surface area contributed by atoms with Gasteiger partial charge in [0, 0.05) is 0 Å². The van der Waals surface area contributed by atoms with Crippen LogP contribution in [0, 0.1) is 0 Å². The zero-order valence-electron chi connectivity index (χ0n) is 18.1. The van der Waals surface area contributed by atoms with Crippen LogP contribution in [0.1, 0.15) is 22.5 Å². The molecule has 0 radical (unpaired) electrons. The van der Waals surface area contributed by atoms with Crippen LogP contribution < -0.4 is 15.9 Å². The lowest BCUT2D eigenvalue weighted by molar-refractivity contribution is 0.689. The second-order valence-corrected chi connectivity index (χ2v) is 11.9. The molecule has 6 rings (SSSR count). The molecule has 1 aliphatic heterocycles. The molecular formula is C29H19Br2N2P. The number of hydrogen-bond donors (Lipinski definition) is 0. The largest absolute Gasteiger partial charge is 0.244 e. The standard InChI is InChI=1S/C29H19Br2N2P/c30-27-18-8-16-25(32-27)29(26-17-9-19-28(31)33-26)21-12-4-6-14-23(21)34(20-10-2-1-3-11-20)24-15-7-5-13-22(24)29/h1-19H. The van der Waals surface area contributed by atoms with Gasteiger partial charge in [-0.2, -0.15) is 0 Å². The van der Waals surface area contributed by atoms with Crippen molar-refractivity contribution in [1.82, 2.24) is 9.97 Å². The van der Waals surface area contributed by atoms with Crippen LogP contribution in [-0.2, 0) is 5.41 Å². The molecule has 0 N–H and O–H groups in total. The number of hydrogen-bond acceptors (Lipinski definition) is 2. The Morgan fingerprint density at radius 2 is 0.971 bits per heavy atom. The van der Waals surface area contributed by atoms with Crippen LogP contribution >= 0.6 is 39.8 Å². The molecule has 0 atom stereocenters. The molecule has 0 unspecified atom stereocenters. The van der Waals surface area contributed by atoms with Crippen molar-refractivity contribution in [3.63, 3.8) is 0 Å². The molecule has 2 aromatic heterocycles. The summed E-state index contributed by atoms with van der Waals surface area (Å²) in [6.45, 7) is 0. The predicted molar refractivity (Wildman–Crippen MR) is 148 cm³/mol. The Hall–Kier alpha value is -2.65. The van der Waals surface area contributed by atoms with E-state index in [1.165, 1.54) is 27.0 Å². The Labute approximate surface area is 217 Å². The molecule has 0 amide bonds. The molecule has 0 fully saturated rings. The number of nitrogens with zero attached hydrogens (tertiary/aromatic N) is 2. The van der Waals surface area contributed by atoms with Crippen molar-refractivity contribution in [3.8, 4) is 0 Å². The molecule has 0 bridgehead atoms. The van der Waals surface area contributed by atoms with Crippen molar-refractivity contribution in [2.24, 2.45) is 0 Å². The lowest BCUT2D eigenvalue weighted by Gasteiger charge is -2.43. The van der Waals surface area contributed by atoms with Gasteiger partial charge in [0.25, 0.3) is 0 Å². The van der Waals surface area contributed by atoms with Gasteiger partial charge in [-0.1, -0.05) is 91.0 Å². The minimum absolute atomic E-state index is 0.644. The predicted octanol–water partition coefficient (Wildman–Crippen LogP) is 6.46. The first-order chi connectivity index (χ1) is 16.7. The topological polar surface area (TPSA) is 25.8 Å². The quantitative estimate of drug-likeness (QED) is 0.176.